The molecule has 1 saturated carbocycles. The third kappa shape index (κ3) is 4.01. The molecular weight excluding hydrogens is 365 g/mol. The Hall–Kier alpha value is -2.50. The zero-order valence-corrected chi connectivity index (χ0v) is 15.8. The number of anilines is 2. The normalized spacial score (nSPS) is 18.4. The maximum Gasteiger partial charge on any atom is 0.248 e. The van der Waals surface area contributed by atoms with Gasteiger partial charge < -0.3 is 10.2 Å². The average Bonchev–Trinajstić information content (AvgIpc) is 2.61. The molecule has 1 N–H and O–H groups in total. The molecule has 0 bridgehead atoms. The van der Waals surface area contributed by atoms with Gasteiger partial charge in [0.25, 0.3) is 0 Å². The highest BCUT2D eigenvalue weighted by atomic mass is 19.3. The molecule has 0 spiro atoms. The van der Waals surface area contributed by atoms with E-state index >= 15 is 0 Å². The zero-order chi connectivity index (χ0) is 19.9. The van der Waals surface area contributed by atoms with Gasteiger partial charge in [-0.05, 0) is 66.3 Å². The van der Waals surface area contributed by atoms with E-state index in [0.717, 1.165) is 36.4 Å². The molecule has 0 aromatic heterocycles. The number of benzene rings is 2. The second kappa shape index (κ2) is 7.15. The summed E-state index contributed by atoms with van der Waals surface area (Å²) in [4.78, 5) is 14.4. The van der Waals surface area contributed by atoms with Crippen LogP contribution in [0.15, 0.2) is 36.4 Å². The fraction of sp³-hybridized carbons (Fsp3) is 0.409. The number of hydrogen-bond donors (Lipinski definition) is 1. The zero-order valence-electron chi connectivity index (χ0n) is 15.8. The second-order valence-corrected chi connectivity index (χ2v) is 7.97. The van der Waals surface area contributed by atoms with Crippen molar-refractivity contribution >= 4 is 17.3 Å². The third-order valence-electron chi connectivity index (χ3n) is 5.67. The quantitative estimate of drug-likeness (QED) is 0.793. The van der Waals surface area contributed by atoms with E-state index in [4.69, 9.17) is 0 Å². The largest absolute Gasteiger partial charge is 0.367 e. The van der Waals surface area contributed by atoms with Gasteiger partial charge >= 0.3 is 0 Å². The van der Waals surface area contributed by atoms with Crippen LogP contribution < -0.4 is 10.2 Å². The first-order chi connectivity index (χ1) is 13.3. The van der Waals surface area contributed by atoms with Crippen molar-refractivity contribution in [2.45, 2.75) is 45.1 Å². The first-order valence-corrected chi connectivity index (χ1v) is 9.60. The molecule has 0 unspecified atom stereocenters. The maximum absolute atomic E-state index is 13.1. The summed E-state index contributed by atoms with van der Waals surface area (Å²) in [5, 5.41) is 2.90. The number of carbonyl (C=O) groups excluding carboxylic acids is 1. The molecule has 2 aromatic carbocycles. The van der Waals surface area contributed by atoms with E-state index in [1.54, 1.807) is 12.1 Å². The number of hydrogen-bond acceptors (Lipinski definition) is 2. The molecule has 2 aliphatic rings. The monoisotopic (exact) mass is 388 g/mol. The summed E-state index contributed by atoms with van der Waals surface area (Å²) in [6.45, 7) is 3.48. The van der Waals surface area contributed by atoms with Crippen LogP contribution in [0, 0.1) is 18.7 Å². The van der Waals surface area contributed by atoms with Crippen molar-refractivity contribution in [3.8, 4) is 0 Å². The van der Waals surface area contributed by atoms with E-state index in [1.165, 1.54) is 23.3 Å². The fourth-order valence-corrected chi connectivity index (χ4v) is 4.13. The standard InChI is InChI=1S/C22H23F3N2O/c1-14-8-17-13-27(19-4-2-18(23)3-5-19)7-6-16(17)10-20(14)26-21(28)9-15-11-22(24,25)12-15/h2-5,8,10,15H,6-7,9,11-13H2,1H3,(H,26,28). The second-order valence-electron chi connectivity index (χ2n) is 7.97. The Labute approximate surface area is 162 Å². The van der Waals surface area contributed by atoms with Crippen LogP contribution in [0.25, 0.3) is 0 Å². The minimum absolute atomic E-state index is 0.143. The van der Waals surface area contributed by atoms with Crippen LogP contribution in [0.5, 0.6) is 0 Å². The lowest BCUT2D eigenvalue weighted by Crippen LogP contribution is -2.37. The molecular formula is C22H23F3N2O. The number of nitrogens with one attached hydrogen (secondary N) is 1. The molecule has 148 valence electrons. The summed E-state index contributed by atoms with van der Waals surface area (Å²) >= 11 is 0. The van der Waals surface area contributed by atoms with Gasteiger partial charge in [0.05, 0.1) is 0 Å². The molecule has 1 aliphatic heterocycles. The molecule has 2 aromatic rings. The Kier molecular flexibility index (Phi) is 4.81. The number of rotatable bonds is 4. The molecule has 1 aliphatic carbocycles. The third-order valence-corrected chi connectivity index (χ3v) is 5.67. The highest BCUT2D eigenvalue weighted by Gasteiger charge is 2.45. The van der Waals surface area contributed by atoms with Crippen molar-refractivity contribution in [3.05, 3.63) is 58.9 Å². The van der Waals surface area contributed by atoms with Crippen LogP contribution in [0.2, 0.25) is 0 Å². The van der Waals surface area contributed by atoms with Gasteiger partial charge in [0, 0.05) is 43.7 Å². The molecule has 4 rings (SSSR count). The molecule has 28 heavy (non-hydrogen) atoms. The van der Waals surface area contributed by atoms with Crippen LogP contribution in [-0.4, -0.2) is 18.4 Å². The van der Waals surface area contributed by atoms with Gasteiger partial charge in [0.2, 0.25) is 11.8 Å². The first kappa shape index (κ1) is 18.8. The van der Waals surface area contributed by atoms with E-state index in [9.17, 15) is 18.0 Å². The lowest BCUT2D eigenvalue weighted by atomic mass is 9.79. The molecule has 1 fully saturated rings. The van der Waals surface area contributed by atoms with E-state index in [-0.39, 0.29) is 36.9 Å². The summed E-state index contributed by atoms with van der Waals surface area (Å²) in [6.07, 6.45) is 0.584. The van der Waals surface area contributed by atoms with Gasteiger partial charge in [0.1, 0.15) is 5.82 Å². The molecule has 1 amide bonds. The number of nitrogens with zero attached hydrogens (tertiary/aromatic N) is 1. The topological polar surface area (TPSA) is 32.3 Å². The van der Waals surface area contributed by atoms with Crippen LogP contribution in [-0.2, 0) is 17.8 Å². The predicted molar refractivity (Wildman–Crippen MR) is 103 cm³/mol. The number of fused-ring (bicyclic) bond motifs is 1. The Bertz CT molecular complexity index is 887. The minimum atomic E-state index is -2.59. The van der Waals surface area contributed by atoms with E-state index in [0.29, 0.717) is 0 Å². The lowest BCUT2D eigenvalue weighted by Gasteiger charge is -2.34. The number of carbonyl (C=O) groups is 1. The Morgan fingerprint density at radius 1 is 1.18 bits per heavy atom. The fourth-order valence-electron chi connectivity index (χ4n) is 4.13. The summed E-state index contributed by atoms with van der Waals surface area (Å²) in [5.41, 5.74) is 5.05. The maximum atomic E-state index is 13.1. The Morgan fingerprint density at radius 2 is 1.89 bits per heavy atom. The van der Waals surface area contributed by atoms with Crippen molar-refractivity contribution in [2.75, 3.05) is 16.8 Å². The van der Waals surface area contributed by atoms with E-state index in [2.05, 4.69) is 16.3 Å². The summed E-state index contributed by atoms with van der Waals surface area (Å²) < 4.78 is 39.0. The van der Waals surface area contributed by atoms with Gasteiger partial charge in [0.15, 0.2) is 0 Å². The van der Waals surface area contributed by atoms with Crippen LogP contribution >= 0.6 is 0 Å². The highest BCUT2D eigenvalue weighted by molar-refractivity contribution is 5.92. The highest BCUT2D eigenvalue weighted by Crippen LogP contribution is 2.44. The number of alkyl halides is 2. The van der Waals surface area contributed by atoms with Gasteiger partial charge in [-0.15, -0.1) is 0 Å². The van der Waals surface area contributed by atoms with Crippen LogP contribution in [0.1, 0.15) is 36.0 Å². The molecule has 0 radical (unpaired) electrons. The van der Waals surface area contributed by atoms with Crippen molar-refractivity contribution < 1.29 is 18.0 Å². The number of aryl methyl sites for hydroxylation is 1. The van der Waals surface area contributed by atoms with Crippen LogP contribution in [0.3, 0.4) is 0 Å². The average molecular weight is 388 g/mol. The number of halogens is 3. The minimum Gasteiger partial charge on any atom is -0.367 e. The molecule has 6 heteroatoms. The van der Waals surface area contributed by atoms with Gasteiger partial charge in [-0.2, -0.15) is 0 Å². The lowest BCUT2D eigenvalue weighted by molar-refractivity contribution is -0.129. The SMILES string of the molecule is Cc1cc2c(cc1NC(=O)CC1CC(F)(F)C1)CCN(c1ccc(F)cc1)C2. The van der Waals surface area contributed by atoms with Gasteiger partial charge in [-0.3, -0.25) is 4.79 Å². The Morgan fingerprint density at radius 3 is 2.57 bits per heavy atom. The van der Waals surface area contributed by atoms with Gasteiger partial charge in [-0.25, -0.2) is 13.2 Å². The van der Waals surface area contributed by atoms with Gasteiger partial charge in [-0.1, -0.05) is 6.07 Å². The summed E-state index contributed by atoms with van der Waals surface area (Å²) in [5.74, 6) is -3.27. The van der Waals surface area contributed by atoms with Crippen molar-refractivity contribution in [1.82, 2.24) is 0 Å². The first-order valence-electron chi connectivity index (χ1n) is 9.60. The molecule has 0 atom stereocenters. The smallest absolute Gasteiger partial charge is 0.248 e. The van der Waals surface area contributed by atoms with E-state index < -0.39 is 5.92 Å². The van der Waals surface area contributed by atoms with Crippen molar-refractivity contribution in [3.63, 3.8) is 0 Å². The number of amides is 1. The predicted octanol–water partition coefficient (Wildman–Crippen LogP) is 5.07. The van der Waals surface area contributed by atoms with Crippen LogP contribution in [0.4, 0.5) is 24.5 Å². The van der Waals surface area contributed by atoms with Crippen molar-refractivity contribution in [2.24, 2.45) is 5.92 Å². The molecule has 3 nitrogen and oxygen atoms in total. The molecule has 1 heterocycles. The van der Waals surface area contributed by atoms with Crippen molar-refractivity contribution in [1.29, 1.82) is 0 Å². The Balaban J connectivity index is 1.42. The summed E-state index contributed by atoms with van der Waals surface area (Å²) in [7, 11) is 0. The molecule has 0 saturated heterocycles. The summed E-state index contributed by atoms with van der Waals surface area (Å²) in [6, 6.07) is 10.6. The van der Waals surface area contributed by atoms with E-state index in [1.807, 2.05) is 13.0 Å².